The quantitative estimate of drug-likeness (QED) is 0.893. The van der Waals surface area contributed by atoms with Crippen molar-refractivity contribution >= 4 is 5.97 Å². The maximum atomic E-state index is 14.2. The molecule has 0 saturated carbocycles. The Kier molecular flexibility index (Phi) is 4.39. The molecule has 0 spiro atoms. The van der Waals surface area contributed by atoms with Crippen LogP contribution in [0.2, 0.25) is 0 Å². The molecule has 0 fully saturated rings. The Labute approximate surface area is 112 Å². The molecule has 0 bridgehead atoms. The standard InChI is InChI=1S/C14H19FO4/c1-8(13(16)17)9-6-10(14(2,3)15)12(19-5)11(7-9)18-4/h6-8H,1-5H3,(H,16,17). The van der Waals surface area contributed by atoms with E-state index in [1.807, 2.05) is 0 Å². The summed E-state index contributed by atoms with van der Waals surface area (Å²) in [6, 6.07) is 3.08. The van der Waals surface area contributed by atoms with E-state index in [1.165, 1.54) is 34.1 Å². The SMILES string of the molecule is COc1cc(C(C)C(=O)O)cc(C(C)(C)F)c1OC. The smallest absolute Gasteiger partial charge is 0.310 e. The maximum absolute atomic E-state index is 14.2. The number of rotatable bonds is 5. The highest BCUT2D eigenvalue weighted by atomic mass is 19.1. The molecule has 1 atom stereocenters. The summed E-state index contributed by atoms with van der Waals surface area (Å²) in [5.41, 5.74) is -0.907. The van der Waals surface area contributed by atoms with Gasteiger partial charge in [-0.2, -0.15) is 0 Å². The number of methoxy groups -OCH3 is 2. The van der Waals surface area contributed by atoms with Crippen LogP contribution in [0.3, 0.4) is 0 Å². The van der Waals surface area contributed by atoms with Crippen LogP contribution in [0.1, 0.15) is 37.8 Å². The van der Waals surface area contributed by atoms with Crippen molar-refractivity contribution < 1.29 is 23.8 Å². The zero-order chi connectivity index (χ0) is 14.8. The predicted octanol–water partition coefficient (Wildman–Crippen LogP) is 3.10. The second-order valence-corrected chi connectivity index (χ2v) is 4.84. The van der Waals surface area contributed by atoms with Crippen molar-refractivity contribution in [3.63, 3.8) is 0 Å². The van der Waals surface area contributed by atoms with Gasteiger partial charge >= 0.3 is 5.97 Å². The van der Waals surface area contributed by atoms with Crippen LogP contribution < -0.4 is 9.47 Å². The van der Waals surface area contributed by atoms with Crippen LogP contribution in [0, 0.1) is 0 Å². The van der Waals surface area contributed by atoms with E-state index < -0.39 is 17.6 Å². The average molecular weight is 270 g/mol. The molecular formula is C14H19FO4. The number of hydrogen-bond acceptors (Lipinski definition) is 3. The Hall–Kier alpha value is -1.78. The van der Waals surface area contributed by atoms with Crippen LogP contribution in [0.4, 0.5) is 4.39 Å². The van der Waals surface area contributed by atoms with Crippen LogP contribution in [-0.2, 0) is 10.5 Å². The number of aliphatic carboxylic acids is 1. The van der Waals surface area contributed by atoms with E-state index >= 15 is 0 Å². The second kappa shape index (κ2) is 5.47. The molecule has 0 saturated heterocycles. The Morgan fingerprint density at radius 2 is 1.89 bits per heavy atom. The van der Waals surface area contributed by atoms with E-state index in [9.17, 15) is 9.18 Å². The van der Waals surface area contributed by atoms with Crippen molar-refractivity contribution in [3.8, 4) is 11.5 Å². The summed E-state index contributed by atoms with van der Waals surface area (Å²) in [6.07, 6.45) is 0. The van der Waals surface area contributed by atoms with E-state index in [0.29, 0.717) is 11.3 Å². The maximum Gasteiger partial charge on any atom is 0.310 e. The molecule has 106 valence electrons. The monoisotopic (exact) mass is 270 g/mol. The molecule has 19 heavy (non-hydrogen) atoms. The summed E-state index contributed by atoms with van der Waals surface area (Å²) in [6.45, 7) is 4.32. The van der Waals surface area contributed by atoms with E-state index in [2.05, 4.69) is 0 Å². The number of benzene rings is 1. The number of halogens is 1. The first-order valence-corrected chi connectivity index (χ1v) is 5.90. The zero-order valence-corrected chi connectivity index (χ0v) is 11.8. The lowest BCUT2D eigenvalue weighted by Gasteiger charge is -2.22. The molecule has 0 aliphatic carbocycles. The third-order valence-electron chi connectivity index (χ3n) is 3.01. The largest absolute Gasteiger partial charge is 0.493 e. The van der Waals surface area contributed by atoms with Gasteiger partial charge < -0.3 is 14.6 Å². The molecule has 0 aromatic heterocycles. The minimum atomic E-state index is -1.66. The van der Waals surface area contributed by atoms with Crippen molar-refractivity contribution in [1.29, 1.82) is 0 Å². The highest BCUT2D eigenvalue weighted by Crippen LogP contribution is 2.41. The van der Waals surface area contributed by atoms with Gasteiger partial charge in [0.1, 0.15) is 5.67 Å². The fraction of sp³-hybridized carbons (Fsp3) is 0.500. The molecule has 1 aromatic carbocycles. The average Bonchev–Trinajstić information content (AvgIpc) is 2.34. The highest BCUT2D eigenvalue weighted by molar-refractivity contribution is 5.76. The molecular weight excluding hydrogens is 251 g/mol. The Bertz CT molecular complexity index is 477. The van der Waals surface area contributed by atoms with Crippen LogP contribution in [0.15, 0.2) is 12.1 Å². The first kappa shape index (κ1) is 15.3. The Morgan fingerprint density at radius 3 is 2.26 bits per heavy atom. The normalized spacial score (nSPS) is 12.9. The van der Waals surface area contributed by atoms with Gasteiger partial charge in [-0.3, -0.25) is 4.79 Å². The van der Waals surface area contributed by atoms with Crippen molar-refractivity contribution in [1.82, 2.24) is 0 Å². The molecule has 0 aliphatic heterocycles. The van der Waals surface area contributed by atoms with Crippen LogP contribution >= 0.6 is 0 Å². The first-order chi connectivity index (χ1) is 8.72. The molecule has 4 nitrogen and oxygen atoms in total. The van der Waals surface area contributed by atoms with Gasteiger partial charge in [-0.05, 0) is 38.5 Å². The van der Waals surface area contributed by atoms with Gasteiger partial charge in [0.15, 0.2) is 11.5 Å². The van der Waals surface area contributed by atoms with Crippen molar-refractivity contribution in [3.05, 3.63) is 23.3 Å². The van der Waals surface area contributed by atoms with E-state index in [4.69, 9.17) is 14.6 Å². The van der Waals surface area contributed by atoms with E-state index in [1.54, 1.807) is 13.0 Å². The van der Waals surface area contributed by atoms with Crippen LogP contribution in [0.5, 0.6) is 11.5 Å². The molecule has 1 rings (SSSR count). The lowest BCUT2D eigenvalue weighted by atomic mass is 9.92. The zero-order valence-electron chi connectivity index (χ0n) is 11.8. The van der Waals surface area contributed by atoms with Gasteiger partial charge in [0, 0.05) is 5.56 Å². The summed E-state index contributed by atoms with van der Waals surface area (Å²) in [5, 5.41) is 9.05. The Balaban J connectivity index is 3.51. The van der Waals surface area contributed by atoms with Gasteiger partial charge in [-0.1, -0.05) is 0 Å². The van der Waals surface area contributed by atoms with Crippen molar-refractivity contribution in [2.75, 3.05) is 14.2 Å². The number of hydrogen-bond donors (Lipinski definition) is 1. The van der Waals surface area contributed by atoms with Gasteiger partial charge in [0.25, 0.3) is 0 Å². The number of carboxylic acid groups (broad SMARTS) is 1. The highest BCUT2D eigenvalue weighted by Gasteiger charge is 2.28. The molecule has 0 amide bonds. The third kappa shape index (κ3) is 3.16. The molecule has 1 N–H and O–H groups in total. The van der Waals surface area contributed by atoms with E-state index in [-0.39, 0.29) is 11.3 Å². The summed E-state index contributed by atoms with van der Waals surface area (Å²) in [4.78, 5) is 11.0. The van der Waals surface area contributed by atoms with Crippen LogP contribution in [-0.4, -0.2) is 25.3 Å². The first-order valence-electron chi connectivity index (χ1n) is 5.90. The minimum absolute atomic E-state index is 0.275. The fourth-order valence-electron chi connectivity index (χ4n) is 1.82. The van der Waals surface area contributed by atoms with Gasteiger partial charge in [-0.15, -0.1) is 0 Å². The molecule has 1 unspecified atom stereocenters. The summed E-state index contributed by atoms with van der Waals surface area (Å²) < 4.78 is 24.6. The van der Waals surface area contributed by atoms with Gasteiger partial charge in [-0.25, -0.2) is 4.39 Å². The van der Waals surface area contributed by atoms with Crippen LogP contribution in [0.25, 0.3) is 0 Å². The van der Waals surface area contributed by atoms with Crippen molar-refractivity contribution in [2.24, 2.45) is 0 Å². The number of alkyl halides is 1. The summed E-state index contributed by atoms with van der Waals surface area (Å²) in [5.74, 6) is -1.11. The topological polar surface area (TPSA) is 55.8 Å². The lowest BCUT2D eigenvalue weighted by Crippen LogP contribution is -2.15. The Morgan fingerprint density at radius 1 is 1.32 bits per heavy atom. The molecule has 0 radical (unpaired) electrons. The van der Waals surface area contributed by atoms with Gasteiger partial charge in [0.2, 0.25) is 0 Å². The van der Waals surface area contributed by atoms with E-state index in [0.717, 1.165) is 0 Å². The summed E-state index contributed by atoms with van der Waals surface area (Å²) >= 11 is 0. The fourth-order valence-corrected chi connectivity index (χ4v) is 1.82. The number of carbonyl (C=O) groups is 1. The summed E-state index contributed by atoms with van der Waals surface area (Å²) in [7, 11) is 2.86. The van der Waals surface area contributed by atoms with Gasteiger partial charge in [0.05, 0.1) is 20.1 Å². The molecule has 5 heteroatoms. The lowest BCUT2D eigenvalue weighted by molar-refractivity contribution is -0.138. The second-order valence-electron chi connectivity index (χ2n) is 4.84. The molecule has 1 aromatic rings. The number of carboxylic acids is 1. The minimum Gasteiger partial charge on any atom is -0.493 e. The molecule has 0 aliphatic rings. The number of ether oxygens (including phenoxy) is 2. The van der Waals surface area contributed by atoms with Crippen molar-refractivity contribution in [2.45, 2.75) is 32.4 Å². The molecule has 0 heterocycles. The predicted molar refractivity (Wildman–Crippen MR) is 69.7 cm³/mol. The third-order valence-corrected chi connectivity index (χ3v) is 3.01.